The molecule has 0 aliphatic carbocycles. The molecule has 1 saturated heterocycles. The summed E-state index contributed by atoms with van der Waals surface area (Å²) in [6.45, 7) is 0. The quantitative estimate of drug-likeness (QED) is 0.788. The Labute approximate surface area is 99.4 Å². The van der Waals surface area contributed by atoms with E-state index in [4.69, 9.17) is 0 Å². The topological polar surface area (TPSA) is 64.3 Å². The number of aromatic nitrogens is 3. The second-order valence-electron chi connectivity index (χ2n) is 4.52. The van der Waals surface area contributed by atoms with Crippen LogP contribution in [0.4, 0.5) is 0 Å². The molecule has 1 aliphatic heterocycles. The maximum atomic E-state index is 11.4. The summed E-state index contributed by atoms with van der Waals surface area (Å²) in [5.41, 5.74) is 0.809. The average Bonchev–Trinajstić information content (AvgIpc) is 2.84. The van der Waals surface area contributed by atoms with E-state index in [1.807, 2.05) is 28.8 Å². The van der Waals surface area contributed by atoms with Gasteiger partial charge in [-0.25, -0.2) is 8.42 Å². The summed E-state index contributed by atoms with van der Waals surface area (Å²) in [4.78, 5) is 0. The number of fused-ring (bicyclic) bond motifs is 1. The van der Waals surface area contributed by atoms with Crippen LogP contribution in [0.25, 0.3) is 5.65 Å². The molecule has 0 amide bonds. The lowest BCUT2D eigenvalue weighted by Gasteiger charge is -2.05. The number of hydrogen-bond acceptors (Lipinski definition) is 4. The van der Waals surface area contributed by atoms with Crippen molar-refractivity contribution in [3.63, 3.8) is 0 Å². The van der Waals surface area contributed by atoms with Crippen LogP contribution in [0.1, 0.15) is 12.2 Å². The monoisotopic (exact) mass is 251 g/mol. The summed E-state index contributed by atoms with van der Waals surface area (Å²) >= 11 is 0. The molecule has 0 radical (unpaired) electrons. The predicted octanol–water partition coefficient (Wildman–Crippen LogP) is 0.707. The molecule has 1 aliphatic rings. The van der Waals surface area contributed by atoms with E-state index < -0.39 is 9.84 Å². The first-order chi connectivity index (χ1) is 8.14. The molecule has 0 saturated carbocycles. The van der Waals surface area contributed by atoms with Crippen molar-refractivity contribution in [2.45, 2.75) is 12.8 Å². The Morgan fingerprint density at radius 2 is 2.24 bits per heavy atom. The molecule has 17 heavy (non-hydrogen) atoms. The van der Waals surface area contributed by atoms with E-state index in [0.717, 1.165) is 17.9 Å². The van der Waals surface area contributed by atoms with E-state index in [9.17, 15) is 8.42 Å². The molecular formula is C11H13N3O2S. The van der Waals surface area contributed by atoms with Gasteiger partial charge in [-0.15, -0.1) is 10.2 Å². The van der Waals surface area contributed by atoms with Gasteiger partial charge in [-0.05, 0) is 24.5 Å². The third-order valence-electron chi connectivity index (χ3n) is 3.18. The number of nitrogens with zero attached hydrogens (tertiary/aromatic N) is 3. The molecule has 6 heteroatoms. The lowest BCUT2D eigenvalue weighted by atomic mass is 10.1. The maximum Gasteiger partial charge on any atom is 0.160 e. The van der Waals surface area contributed by atoms with Crippen molar-refractivity contribution in [2.24, 2.45) is 5.92 Å². The molecule has 2 aromatic heterocycles. The van der Waals surface area contributed by atoms with Crippen LogP contribution in [0.2, 0.25) is 0 Å². The highest BCUT2D eigenvalue weighted by Gasteiger charge is 2.28. The Balaban J connectivity index is 1.86. The number of sulfone groups is 1. The lowest BCUT2D eigenvalue weighted by Crippen LogP contribution is -2.09. The summed E-state index contributed by atoms with van der Waals surface area (Å²) in [6, 6.07) is 5.72. The third-order valence-corrected chi connectivity index (χ3v) is 5.02. The third kappa shape index (κ3) is 2.04. The average molecular weight is 251 g/mol. The summed E-state index contributed by atoms with van der Waals surface area (Å²) in [5, 5.41) is 8.19. The van der Waals surface area contributed by atoms with Gasteiger partial charge in [0.05, 0.1) is 11.5 Å². The molecule has 90 valence electrons. The Hall–Kier alpha value is -1.43. The first-order valence-corrected chi connectivity index (χ1v) is 7.45. The molecule has 0 aromatic carbocycles. The van der Waals surface area contributed by atoms with Crippen LogP contribution in [-0.2, 0) is 16.3 Å². The van der Waals surface area contributed by atoms with Crippen LogP contribution in [-0.4, -0.2) is 34.5 Å². The van der Waals surface area contributed by atoms with Gasteiger partial charge in [0, 0.05) is 12.6 Å². The zero-order chi connectivity index (χ0) is 11.9. The zero-order valence-electron chi connectivity index (χ0n) is 9.28. The minimum Gasteiger partial charge on any atom is -0.286 e. The van der Waals surface area contributed by atoms with E-state index in [2.05, 4.69) is 10.2 Å². The van der Waals surface area contributed by atoms with Gasteiger partial charge in [0.2, 0.25) is 0 Å². The van der Waals surface area contributed by atoms with Gasteiger partial charge >= 0.3 is 0 Å². The molecule has 3 rings (SSSR count). The fourth-order valence-electron chi connectivity index (χ4n) is 2.32. The summed E-state index contributed by atoms with van der Waals surface area (Å²) < 4.78 is 24.7. The maximum absolute atomic E-state index is 11.4. The molecule has 0 N–H and O–H groups in total. The fourth-order valence-corrected chi connectivity index (χ4v) is 4.18. The largest absolute Gasteiger partial charge is 0.286 e. The van der Waals surface area contributed by atoms with Crippen molar-refractivity contribution in [1.82, 2.24) is 14.6 Å². The van der Waals surface area contributed by atoms with Gasteiger partial charge in [0.25, 0.3) is 0 Å². The van der Waals surface area contributed by atoms with Gasteiger partial charge < -0.3 is 0 Å². The summed E-state index contributed by atoms with van der Waals surface area (Å²) in [5.74, 6) is 1.64. The Kier molecular flexibility index (Phi) is 2.39. The Morgan fingerprint density at radius 1 is 1.35 bits per heavy atom. The van der Waals surface area contributed by atoms with E-state index >= 15 is 0 Å². The second kappa shape index (κ2) is 3.80. The molecule has 1 fully saturated rings. The van der Waals surface area contributed by atoms with Crippen LogP contribution in [0, 0.1) is 5.92 Å². The molecule has 2 aromatic rings. The van der Waals surface area contributed by atoms with Gasteiger partial charge in [0.1, 0.15) is 5.82 Å². The standard InChI is InChI=1S/C11H13N3O2S/c15-17(16)6-4-9(8-17)7-11-13-12-10-3-1-2-5-14(10)11/h1-3,5,9H,4,6-8H2. The SMILES string of the molecule is O=S1(=O)CCC(Cc2nnc3ccccn23)C1. The smallest absolute Gasteiger partial charge is 0.160 e. The lowest BCUT2D eigenvalue weighted by molar-refractivity contribution is 0.566. The van der Waals surface area contributed by atoms with Crippen molar-refractivity contribution in [3.05, 3.63) is 30.2 Å². The van der Waals surface area contributed by atoms with Crippen molar-refractivity contribution in [1.29, 1.82) is 0 Å². The highest BCUT2D eigenvalue weighted by Crippen LogP contribution is 2.22. The number of hydrogen-bond donors (Lipinski definition) is 0. The number of rotatable bonds is 2. The van der Waals surface area contributed by atoms with Gasteiger partial charge in [-0.3, -0.25) is 4.40 Å². The highest BCUT2D eigenvalue weighted by molar-refractivity contribution is 7.91. The molecule has 1 atom stereocenters. The summed E-state index contributed by atoms with van der Waals surface area (Å²) in [6.07, 6.45) is 3.34. The van der Waals surface area contributed by atoms with Crippen LogP contribution < -0.4 is 0 Å². The van der Waals surface area contributed by atoms with Crippen LogP contribution in [0.15, 0.2) is 24.4 Å². The Morgan fingerprint density at radius 3 is 3.00 bits per heavy atom. The highest BCUT2D eigenvalue weighted by atomic mass is 32.2. The zero-order valence-corrected chi connectivity index (χ0v) is 10.1. The normalized spacial score (nSPS) is 23.2. The van der Waals surface area contributed by atoms with Gasteiger partial charge in [0.15, 0.2) is 15.5 Å². The minimum absolute atomic E-state index is 0.188. The Bertz CT molecular complexity index is 648. The van der Waals surface area contributed by atoms with Crippen molar-refractivity contribution < 1.29 is 8.42 Å². The molecule has 1 unspecified atom stereocenters. The van der Waals surface area contributed by atoms with E-state index in [1.54, 1.807) is 0 Å². The summed E-state index contributed by atoms with van der Waals surface area (Å²) in [7, 11) is -2.81. The molecule has 5 nitrogen and oxygen atoms in total. The van der Waals surface area contributed by atoms with Gasteiger partial charge in [-0.2, -0.15) is 0 Å². The first-order valence-electron chi connectivity index (χ1n) is 5.63. The molecule has 0 spiro atoms. The van der Waals surface area contributed by atoms with E-state index in [0.29, 0.717) is 12.2 Å². The minimum atomic E-state index is -2.81. The van der Waals surface area contributed by atoms with Gasteiger partial charge in [-0.1, -0.05) is 6.07 Å². The molecule has 3 heterocycles. The first kappa shape index (κ1) is 10.7. The van der Waals surface area contributed by atoms with E-state index in [-0.39, 0.29) is 11.7 Å². The van der Waals surface area contributed by atoms with Crippen LogP contribution >= 0.6 is 0 Å². The van der Waals surface area contributed by atoms with Crippen molar-refractivity contribution in [3.8, 4) is 0 Å². The predicted molar refractivity (Wildman–Crippen MR) is 63.5 cm³/mol. The van der Waals surface area contributed by atoms with Crippen LogP contribution in [0.5, 0.6) is 0 Å². The van der Waals surface area contributed by atoms with Crippen molar-refractivity contribution >= 4 is 15.5 Å². The van der Waals surface area contributed by atoms with Crippen molar-refractivity contribution in [2.75, 3.05) is 11.5 Å². The fraction of sp³-hybridized carbons (Fsp3) is 0.455. The number of pyridine rings is 1. The van der Waals surface area contributed by atoms with E-state index in [1.165, 1.54) is 0 Å². The second-order valence-corrected chi connectivity index (χ2v) is 6.75. The molecule has 0 bridgehead atoms. The molecular weight excluding hydrogens is 238 g/mol. The van der Waals surface area contributed by atoms with Crippen LogP contribution in [0.3, 0.4) is 0 Å².